The predicted octanol–water partition coefficient (Wildman–Crippen LogP) is 6.70. The molecule has 0 aromatic heterocycles. The average molecular weight is 524 g/mol. The van der Waals surface area contributed by atoms with Gasteiger partial charge in [-0.05, 0) is 65.2 Å². The molecule has 0 aliphatic carbocycles. The first-order valence-electron chi connectivity index (χ1n) is 13.7. The maximum Gasteiger partial charge on any atom is 0.408 e. The fraction of sp³-hybridized carbons (Fsp3) is 0.516. The van der Waals surface area contributed by atoms with Gasteiger partial charge < -0.3 is 20.3 Å². The molecule has 208 valence electrons. The second-order valence-corrected chi connectivity index (χ2v) is 10.9. The van der Waals surface area contributed by atoms with E-state index in [1.165, 1.54) is 0 Å². The van der Waals surface area contributed by atoms with E-state index in [0.29, 0.717) is 17.8 Å². The summed E-state index contributed by atoms with van der Waals surface area (Å²) >= 11 is 0. The number of nitrogens with one attached hydrogen (secondary N) is 2. The number of carbonyl (C=O) groups is 3. The molecule has 0 aliphatic heterocycles. The molecule has 0 heterocycles. The standard InChI is InChI=1S/C31H45N3O4/c1-8-9-10-11-14-21-34(29(36)24(4)32-30(37)38-31(5,6)7)27(25-19-17-22(2)18-20-25)28(35)33-26-16-13-12-15-23(26)3/h12-13,15-20,24,27H,8-11,14,21H2,1-7H3,(H,32,37)(H,33,35). The number of benzene rings is 2. The summed E-state index contributed by atoms with van der Waals surface area (Å²) < 4.78 is 5.36. The van der Waals surface area contributed by atoms with Crippen molar-refractivity contribution in [1.29, 1.82) is 0 Å². The number of amides is 3. The van der Waals surface area contributed by atoms with Gasteiger partial charge >= 0.3 is 6.09 Å². The number of alkyl carbamates (subject to hydrolysis) is 1. The molecule has 2 N–H and O–H groups in total. The molecule has 38 heavy (non-hydrogen) atoms. The van der Waals surface area contributed by atoms with Crippen LogP contribution in [0.1, 0.15) is 89.5 Å². The van der Waals surface area contributed by atoms with E-state index in [0.717, 1.165) is 43.2 Å². The number of nitrogens with zero attached hydrogens (tertiary/aromatic N) is 1. The maximum absolute atomic E-state index is 13.8. The minimum absolute atomic E-state index is 0.297. The topological polar surface area (TPSA) is 87.7 Å². The first kappa shape index (κ1) is 30.9. The Morgan fingerprint density at radius 2 is 1.55 bits per heavy atom. The summed E-state index contributed by atoms with van der Waals surface area (Å²) in [5.41, 5.74) is 2.71. The normalized spacial score (nSPS) is 12.8. The van der Waals surface area contributed by atoms with Crippen LogP contribution < -0.4 is 10.6 Å². The zero-order chi connectivity index (χ0) is 28.3. The number of carbonyl (C=O) groups excluding carboxylic acids is 3. The van der Waals surface area contributed by atoms with Gasteiger partial charge in [-0.2, -0.15) is 0 Å². The summed E-state index contributed by atoms with van der Waals surface area (Å²) in [6.07, 6.45) is 4.34. The predicted molar refractivity (Wildman–Crippen MR) is 153 cm³/mol. The van der Waals surface area contributed by atoms with E-state index in [-0.39, 0.29) is 11.8 Å². The van der Waals surface area contributed by atoms with Gasteiger partial charge in [0.25, 0.3) is 5.91 Å². The first-order chi connectivity index (χ1) is 17.9. The lowest BCUT2D eigenvalue weighted by Gasteiger charge is -2.34. The molecule has 2 unspecified atom stereocenters. The van der Waals surface area contributed by atoms with E-state index in [9.17, 15) is 14.4 Å². The van der Waals surface area contributed by atoms with Gasteiger partial charge in [-0.15, -0.1) is 0 Å². The van der Waals surface area contributed by atoms with Crippen molar-refractivity contribution in [2.45, 2.75) is 98.3 Å². The third-order valence-corrected chi connectivity index (χ3v) is 6.25. The summed E-state index contributed by atoms with van der Waals surface area (Å²) in [4.78, 5) is 41.7. The van der Waals surface area contributed by atoms with Gasteiger partial charge in [-0.1, -0.05) is 80.6 Å². The van der Waals surface area contributed by atoms with E-state index < -0.39 is 23.8 Å². The quantitative estimate of drug-likeness (QED) is 0.303. The number of hydrogen-bond acceptors (Lipinski definition) is 4. The molecular weight excluding hydrogens is 478 g/mol. The monoisotopic (exact) mass is 523 g/mol. The van der Waals surface area contributed by atoms with Crippen molar-refractivity contribution < 1.29 is 19.1 Å². The highest BCUT2D eigenvalue weighted by atomic mass is 16.6. The molecule has 7 heteroatoms. The molecule has 0 radical (unpaired) electrons. The van der Waals surface area contributed by atoms with Crippen LogP contribution in [0.15, 0.2) is 48.5 Å². The second-order valence-electron chi connectivity index (χ2n) is 10.9. The van der Waals surface area contributed by atoms with Crippen LogP contribution >= 0.6 is 0 Å². The van der Waals surface area contributed by atoms with Crippen molar-refractivity contribution >= 4 is 23.6 Å². The third-order valence-electron chi connectivity index (χ3n) is 6.25. The molecule has 0 aliphatic rings. The average Bonchev–Trinajstić information content (AvgIpc) is 2.83. The van der Waals surface area contributed by atoms with Crippen LogP contribution in [0.3, 0.4) is 0 Å². The minimum Gasteiger partial charge on any atom is -0.444 e. The number of aryl methyl sites for hydroxylation is 2. The molecule has 0 saturated carbocycles. The Balaban J connectivity index is 2.41. The van der Waals surface area contributed by atoms with Crippen LogP contribution in [0.4, 0.5) is 10.5 Å². The van der Waals surface area contributed by atoms with Gasteiger partial charge in [0.1, 0.15) is 17.7 Å². The Kier molecular flexibility index (Phi) is 11.8. The van der Waals surface area contributed by atoms with Crippen LogP contribution in [0.2, 0.25) is 0 Å². The molecule has 2 aromatic rings. The van der Waals surface area contributed by atoms with E-state index in [2.05, 4.69) is 17.6 Å². The highest BCUT2D eigenvalue weighted by Gasteiger charge is 2.34. The molecule has 2 atom stereocenters. The van der Waals surface area contributed by atoms with Gasteiger partial charge in [0.15, 0.2) is 0 Å². The number of ether oxygens (including phenoxy) is 1. The van der Waals surface area contributed by atoms with Crippen molar-refractivity contribution in [3.05, 3.63) is 65.2 Å². The van der Waals surface area contributed by atoms with Crippen LogP contribution in [-0.2, 0) is 14.3 Å². The SMILES string of the molecule is CCCCCCCN(C(=O)C(C)NC(=O)OC(C)(C)C)C(C(=O)Nc1ccccc1C)c1ccc(C)cc1. The Bertz CT molecular complexity index is 1060. The highest BCUT2D eigenvalue weighted by molar-refractivity contribution is 5.99. The van der Waals surface area contributed by atoms with E-state index in [1.54, 1.807) is 32.6 Å². The molecule has 2 rings (SSSR count). The van der Waals surface area contributed by atoms with Gasteiger partial charge in [0.2, 0.25) is 5.91 Å². The van der Waals surface area contributed by atoms with Crippen molar-refractivity contribution in [1.82, 2.24) is 10.2 Å². The zero-order valence-corrected chi connectivity index (χ0v) is 24.1. The molecule has 0 spiro atoms. The van der Waals surface area contributed by atoms with Crippen molar-refractivity contribution in [3.63, 3.8) is 0 Å². The molecule has 7 nitrogen and oxygen atoms in total. The second kappa shape index (κ2) is 14.6. The molecular formula is C31H45N3O4. The van der Waals surface area contributed by atoms with Crippen LogP contribution in [0, 0.1) is 13.8 Å². The van der Waals surface area contributed by atoms with Crippen LogP contribution in [0.25, 0.3) is 0 Å². The first-order valence-corrected chi connectivity index (χ1v) is 13.7. The number of rotatable bonds is 12. The Labute approximate surface area is 228 Å². The number of unbranched alkanes of at least 4 members (excludes halogenated alkanes) is 4. The van der Waals surface area contributed by atoms with Gasteiger partial charge in [0.05, 0.1) is 0 Å². The third kappa shape index (κ3) is 9.84. The summed E-state index contributed by atoms with van der Waals surface area (Å²) in [6.45, 7) is 13.4. The van der Waals surface area contributed by atoms with E-state index in [1.807, 2.05) is 62.4 Å². The lowest BCUT2D eigenvalue weighted by Crippen LogP contribution is -2.51. The lowest BCUT2D eigenvalue weighted by molar-refractivity contribution is -0.140. The fourth-order valence-electron chi connectivity index (χ4n) is 4.18. The Morgan fingerprint density at radius 1 is 0.921 bits per heavy atom. The van der Waals surface area contributed by atoms with Crippen molar-refractivity contribution in [2.24, 2.45) is 0 Å². The largest absolute Gasteiger partial charge is 0.444 e. The lowest BCUT2D eigenvalue weighted by atomic mass is 10.0. The molecule has 0 saturated heterocycles. The molecule has 0 bridgehead atoms. The molecule has 0 fully saturated rings. The smallest absolute Gasteiger partial charge is 0.408 e. The summed E-state index contributed by atoms with van der Waals surface area (Å²) in [6, 6.07) is 13.5. The molecule has 3 amide bonds. The van der Waals surface area contributed by atoms with Crippen molar-refractivity contribution in [3.8, 4) is 0 Å². The summed E-state index contributed by atoms with van der Waals surface area (Å²) in [5, 5.41) is 5.69. The number of hydrogen-bond donors (Lipinski definition) is 2. The summed E-state index contributed by atoms with van der Waals surface area (Å²) in [7, 11) is 0. The highest BCUT2D eigenvalue weighted by Crippen LogP contribution is 2.26. The summed E-state index contributed by atoms with van der Waals surface area (Å²) in [5.74, 6) is -0.633. The van der Waals surface area contributed by atoms with Gasteiger partial charge in [-0.3, -0.25) is 9.59 Å². The Hall–Kier alpha value is -3.35. The van der Waals surface area contributed by atoms with Crippen molar-refractivity contribution in [2.75, 3.05) is 11.9 Å². The van der Waals surface area contributed by atoms with E-state index in [4.69, 9.17) is 4.74 Å². The zero-order valence-electron chi connectivity index (χ0n) is 24.1. The molecule has 2 aromatic carbocycles. The fourth-order valence-corrected chi connectivity index (χ4v) is 4.18. The van der Waals surface area contributed by atoms with Crippen LogP contribution in [-0.4, -0.2) is 41.0 Å². The number of para-hydroxylation sites is 1. The van der Waals surface area contributed by atoms with E-state index >= 15 is 0 Å². The minimum atomic E-state index is -0.875. The van der Waals surface area contributed by atoms with Crippen LogP contribution in [0.5, 0.6) is 0 Å². The Morgan fingerprint density at radius 3 is 2.16 bits per heavy atom. The van der Waals surface area contributed by atoms with Gasteiger partial charge in [-0.25, -0.2) is 4.79 Å². The number of anilines is 1. The maximum atomic E-state index is 13.8. The van der Waals surface area contributed by atoms with Gasteiger partial charge in [0, 0.05) is 12.2 Å².